The zero-order chi connectivity index (χ0) is 15.7. The third-order valence-corrected chi connectivity index (χ3v) is 8.78. The van der Waals surface area contributed by atoms with Gasteiger partial charge in [-0.1, -0.05) is 33.3 Å². The molecule has 7 atom stereocenters. The van der Waals surface area contributed by atoms with Crippen molar-refractivity contribution in [3.63, 3.8) is 0 Å². The summed E-state index contributed by atoms with van der Waals surface area (Å²) < 4.78 is 0. The Morgan fingerprint density at radius 2 is 1.82 bits per heavy atom. The molecule has 0 heterocycles. The highest BCUT2D eigenvalue weighted by atomic mass is 16.1. The summed E-state index contributed by atoms with van der Waals surface area (Å²) in [4.78, 5) is 11.9. The average Bonchev–Trinajstić information content (AvgIpc) is 2.77. The van der Waals surface area contributed by atoms with Gasteiger partial charge in [0.25, 0.3) is 0 Å². The van der Waals surface area contributed by atoms with E-state index in [-0.39, 0.29) is 0 Å². The van der Waals surface area contributed by atoms with Crippen LogP contribution in [-0.2, 0) is 4.79 Å². The van der Waals surface area contributed by atoms with Gasteiger partial charge in [-0.15, -0.1) is 0 Å². The van der Waals surface area contributed by atoms with Crippen LogP contribution in [0.3, 0.4) is 0 Å². The summed E-state index contributed by atoms with van der Waals surface area (Å²) in [5, 5.41) is 0. The number of allylic oxidation sites excluding steroid dienone is 1. The van der Waals surface area contributed by atoms with E-state index in [9.17, 15) is 4.79 Å². The predicted octanol–water partition coefficient (Wildman–Crippen LogP) is 5.40. The first-order valence-electron chi connectivity index (χ1n) is 9.60. The van der Waals surface area contributed by atoms with E-state index in [0.29, 0.717) is 16.6 Å². The summed E-state index contributed by atoms with van der Waals surface area (Å²) in [7, 11) is 0. The number of hydrogen-bond donors (Lipinski definition) is 0. The minimum Gasteiger partial charge on any atom is -0.295 e. The monoisotopic (exact) mass is 300 g/mol. The molecule has 3 saturated carbocycles. The molecule has 0 radical (unpaired) electrons. The highest BCUT2D eigenvalue weighted by Crippen LogP contribution is 2.67. The number of carbonyl (C=O) groups excluding carboxylic acids is 1. The van der Waals surface area contributed by atoms with Crippen LogP contribution in [0.5, 0.6) is 0 Å². The third kappa shape index (κ3) is 1.80. The molecule has 0 spiro atoms. The zero-order valence-electron chi connectivity index (χ0n) is 14.8. The van der Waals surface area contributed by atoms with E-state index >= 15 is 0 Å². The lowest BCUT2D eigenvalue weighted by atomic mass is 9.45. The van der Waals surface area contributed by atoms with Crippen LogP contribution >= 0.6 is 0 Å². The van der Waals surface area contributed by atoms with Crippen molar-refractivity contribution < 1.29 is 4.79 Å². The first-order chi connectivity index (χ1) is 10.4. The van der Waals surface area contributed by atoms with Gasteiger partial charge in [-0.3, -0.25) is 4.79 Å². The second kappa shape index (κ2) is 4.71. The highest BCUT2D eigenvalue weighted by molar-refractivity contribution is 5.91. The van der Waals surface area contributed by atoms with E-state index in [2.05, 4.69) is 27.7 Å². The number of fused-ring (bicyclic) bond motifs is 5. The Kier molecular flexibility index (Phi) is 3.20. The van der Waals surface area contributed by atoms with Crippen molar-refractivity contribution >= 4 is 5.78 Å². The van der Waals surface area contributed by atoms with E-state index in [1.165, 1.54) is 37.7 Å². The van der Waals surface area contributed by atoms with E-state index in [0.717, 1.165) is 42.4 Å². The minimum absolute atomic E-state index is 0.332. The number of ketones is 1. The zero-order valence-corrected chi connectivity index (χ0v) is 14.8. The molecule has 0 aromatic heterocycles. The summed E-state index contributed by atoms with van der Waals surface area (Å²) in [6, 6.07) is 0. The van der Waals surface area contributed by atoms with Crippen molar-refractivity contribution in [1.82, 2.24) is 0 Å². The fraction of sp³-hybridized carbons (Fsp3) is 0.857. The molecule has 4 aliphatic carbocycles. The van der Waals surface area contributed by atoms with Crippen LogP contribution in [0.4, 0.5) is 0 Å². The van der Waals surface area contributed by atoms with Gasteiger partial charge in [0.1, 0.15) is 0 Å². The molecule has 122 valence electrons. The van der Waals surface area contributed by atoms with Gasteiger partial charge in [0.15, 0.2) is 5.78 Å². The molecule has 4 rings (SSSR count). The maximum absolute atomic E-state index is 11.9. The van der Waals surface area contributed by atoms with Gasteiger partial charge in [-0.05, 0) is 85.0 Å². The molecular weight excluding hydrogens is 268 g/mol. The molecule has 0 aromatic rings. The molecule has 0 amide bonds. The molecule has 0 aliphatic heterocycles. The Balaban J connectivity index is 1.74. The Morgan fingerprint density at radius 3 is 2.59 bits per heavy atom. The van der Waals surface area contributed by atoms with Crippen LogP contribution in [0, 0.1) is 40.4 Å². The van der Waals surface area contributed by atoms with Crippen LogP contribution in [0.2, 0.25) is 0 Å². The van der Waals surface area contributed by atoms with Gasteiger partial charge < -0.3 is 0 Å². The summed E-state index contributed by atoms with van der Waals surface area (Å²) in [6.45, 7) is 10.1. The minimum atomic E-state index is 0.332. The van der Waals surface area contributed by atoms with Crippen LogP contribution < -0.4 is 0 Å². The molecule has 1 heteroatoms. The van der Waals surface area contributed by atoms with Gasteiger partial charge >= 0.3 is 0 Å². The molecule has 0 aromatic carbocycles. The lowest BCUT2D eigenvalue weighted by molar-refractivity contribution is -0.118. The second-order valence-corrected chi connectivity index (χ2v) is 9.55. The molecule has 0 N–H and O–H groups in total. The Labute approximate surface area is 135 Å². The first kappa shape index (κ1) is 15.0. The van der Waals surface area contributed by atoms with Gasteiger partial charge in [0.2, 0.25) is 0 Å². The molecule has 3 fully saturated rings. The number of carbonyl (C=O) groups is 1. The summed E-state index contributed by atoms with van der Waals surface area (Å²) in [5.41, 5.74) is 2.43. The Bertz CT molecular complexity index is 532. The van der Waals surface area contributed by atoms with E-state index in [4.69, 9.17) is 0 Å². The first-order valence-corrected chi connectivity index (χ1v) is 9.60. The largest absolute Gasteiger partial charge is 0.295 e. The SMILES string of the molecule is CC1CC2=CC(=O)CC[C@]2(C)[C@@H]2CC[C@]3(C)C(C)CC[C@H]3[C@H]12. The summed E-state index contributed by atoms with van der Waals surface area (Å²) in [6.07, 6.45) is 10.8. The lowest BCUT2D eigenvalue weighted by Crippen LogP contribution is -2.53. The lowest BCUT2D eigenvalue weighted by Gasteiger charge is -2.60. The van der Waals surface area contributed by atoms with Crippen LogP contribution in [0.1, 0.15) is 72.6 Å². The van der Waals surface area contributed by atoms with E-state index < -0.39 is 0 Å². The van der Waals surface area contributed by atoms with Crippen molar-refractivity contribution in [3.05, 3.63) is 11.6 Å². The Morgan fingerprint density at radius 1 is 1.05 bits per heavy atom. The summed E-state index contributed by atoms with van der Waals surface area (Å²) >= 11 is 0. The number of hydrogen-bond acceptors (Lipinski definition) is 1. The maximum Gasteiger partial charge on any atom is 0.155 e. The molecule has 0 saturated heterocycles. The van der Waals surface area contributed by atoms with Crippen LogP contribution in [0.25, 0.3) is 0 Å². The highest BCUT2D eigenvalue weighted by Gasteiger charge is 2.59. The van der Waals surface area contributed by atoms with Gasteiger partial charge in [-0.2, -0.15) is 0 Å². The van der Waals surface area contributed by atoms with Gasteiger partial charge in [0.05, 0.1) is 0 Å². The fourth-order valence-corrected chi connectivity index (χ4v) is 7.17. The van der Waals surface area contributed by atoms with Gasteiger partial charge in [0, 0.05) is 6.42 Å². The maximum atomic E-state index is 11.9. The third-order valence-electron chi connectivity index (χ3n) is 8.78. The summed E-state index contributed by atoms with van der Waals surface area (Å²) in [5.74, 6) is 4.73. The quantitative estimate of drug-likeness (QED) is 0.585. The molecule has 4 aliphatic rings. The topological polar surface area (TPSA) is 17.1 Å². The Hall–Kier alpha value is -0.590. The molecule has 1 nitrogen and oxygen atoms in total. The van der Waals surface area contributed by atoms with Crippen molar-refractivity contribution in [3.8, 4) is 0 Å². The molecule has 22 heavy (non-hydrogen) atoms. The number of rotatable bonds is 0. The standard InChI is InChI=1S/C21H32O/c1-13-11-15-12-16(22)7-9-21(15,4)18-8-10-20(3)14(2)5-6-17(20)19(13)18/h12-14,17-19H,5-11H2,1-4H3/t13?,14?,17-,18+,19-,20+,21-/m0/s1. The predicted molar refractivity (Wildman–Crippen MR) is 90.4 cm³/mol. The van der Waals surface area contributed by atoms with Crippen molar-refractivity contribution in [2.75, 3.05) is 0 Å². The normalized spacial score (nSPS) is 54.3. The van der Waals surface area contributed by atoms with Crippen molar-refractivity contribution in [1.29, 1.82) is 0 Å². The fourth-order valence-electron chi connectivity index (χ4n) is 7.17. The second-order valence-electron chi connectivity index (χ2n) is 9.55. The average molecular weight is 300 g/mol. The van der Waals surface area contributed by atoms with Crippen LogP contribution in [0.15, 0.2) is 11.6 Å². The van der Waals surface area contributed by atoms with Crippen LogP contribution in [-0.4, -0.2) is 5.78 Å². The van der Waals surface area contributed by atoms with Crippen molar-refractivity contribution in [2.24, 2.45) is 40.4 Å². The van der Waals surface area contributed by atoms with E-state index in [1.54, 1.807) is 0 Å². The smallest absolute Gasteiger partial charge is 0.155 e. The molecule has 0 bridgehead atoms. The van der Waals surface area contributed by atoms with Gasteiger partial charge in [-0.25, -0.2) is 0 Å². The molecule has 2 unspecified atom stereocenters. The van der Waals surface area contributed by atoms with Crippen molar-refractivity contribution in [2.45, 2.75) is 72.6 Å². The molecular formula is C21H32O. The van der Waals surface area contributed by atoms with E-state index in [1.807, 2.05) is 6.08 Å².